The van der Waals surface area contributed by atoms with Crippen LogP contribution in [0.5, 0.6) is 5.75 Å². The van der Waals surface area contributed by atoms with Crippen molar-refractivity contribution in [3.8, 4) is 5.75 Å². The van der Waals surface area contributed by atoms with Gasteiger partial charge in [0, 0.05) is 5.69 Å². The van der Waals surface area contributed by atoms with Gasteiger partial charge < -0.3 is 4.74 Å². The molecule has 1 aromatic rings. The van der Waals surface area contributed by atoms with Crippen LogP contribution in [0.15, 0.2) is 6.07 Å². The summed E-state index contributed by atoms with van der Waals surface area (Å²) in [5.74, 6) is 0.176. The van der Waals surface area contributed by atoms with Crippen molar-refractivity contribution in [1.29, 1.82) is 0 Å². The van der Waals surface area contributed by atoms with E-state index in [0.717, 1.165) is 12.6 Å². The highest BCUT2D eigenvalue weighted by Crippen LogP contribution is 2.34. The van der Waals surface area contributed by atoms with Crippen molar-refractivity contribution >= 4 is 11.6 Å². The molecule has 0 amide bonds. The summed E-state index contributed by atoms with van der Waals surface area (Å²) in [4.78, 5) is 4.31. The summed E-state index contributed by atoms with van der Waals surface area (Å²) in [6.45, 7) is 6.63. The van der Waals surface area contributed by atoms with E-state index in [-0.39, 0.29) is 16.7 Å². The van der Waals surface area contributed by atoms with Crippen LogP contribution < -0.4 is 4.74 Å². The van der Waals surface area contributed by atoms with E-state index >= 15 is 0 Å². The Morgan fingerprint density at radius 3 is 2.32 bits per heavy atom. The van der Waals surface area contributed by atoms with Crippen LogP contribution in [0.4, 0.5) is 13.2 Å². The first kappa shape index (κ1) is 16.1. The number of hydrogen-bond acceptors (Lipinski definition) is 2. The molecule has 0 fully saturated rings. The molecule has 0 aliphatic heterocycles. The lowest BCUT2D eigenvalue weighted by Gasteiger charge is -2.21. The first-order valence-corrected chi connectivity index (χ1v) is 6.47. The third-order valence-corrected chi connectivity index (χ3v) is 2.98. The highest BCUT2D eigenvalue weighted by molar-refractivity contribution is 6.32. The van der Waals surface area contributed by atoms with Gasteiger partial charge in [0.15, 0.2) is 11.9 Å². The molecule has 0 aromatic carbocycles. The van der Waals surface area contributed by atoms with Gasteiger partial charge in [-0.1, -0.05) is 32.4 Å². The zero-order valence-electron chi connectivity index (χ0n) is 11.3. The molecule has 1 heterocycles. The molecule has 2 nitrogen and oxygen atoms in total. The summed E-state index contributed by atoms with van der Waals surface area (Å²) < 4.78 is 42.5. The SMILES string of the molecule is CCc1nc(C(C)C)cc(Cl)c1OC(C)C(F)(F)F. The Bertz CT molecular complexity index is 446. The van der Waals surface area contributed by atoms with Gasteiger partial charge in [-0.2, -0.15) is 13.2 Å². The minimum atomic E-state index is -4.43. The Hall–Kier alpha value is -0.970. The van der Waals surface area contributed by atoms with Crippen LogP contribution >= 0.6 is 11.6 Å². The number of nitrogens with zero attached hydrogens (tertiary/aromatic N) is 1. The van der Waals surface area contributed by atoms with Gasteiger partial charge in [-0.05, 0) is 25.3 Å². The van der Waals surface area contributed by atoms with Gasteiger partial charge in [0.25, 0.3) is 0 Å². The van der Waals surface area contributed by atoms with Crippen molar-refractivity contribution in [2.75, 3.05) is 0 Å². The van der Waals surface area contributed by atoms with Crippen LogP contribution in [-0.4, -0.2) is 17.3 Å². The Morgan fingerprint density at radius 1 is 1.32 bits per heavy atom. The smallest absolute Gasteiger partial charge is 0.425 e. The number of aromatic nitrogens is 1. The minimum Gasteiger partial charge on any atom is -0.478 e. The van der Waals surface area contributed by atoms with E-state index in [9.17, 15) is 13.2 Å². The van der Waals surface area contributed by atoms with Gasteiger partial charge in [0.05, 0.1) is 10.7 Å². The lowest BCUT2D eigenvalue weighted by molar-refractivity contribution is -0.189. The zero-order chi connectivity index (χ0) is 14.8. The Kier molecular flexibility index (Phi) is 5.07. The average molecular weight is 296 g/mol. The van der Waals surface area contributed by atoms with Crippen LogP contribution in [0.1, 0.15) is 45.0 Å². The molecule has 0 saturated carbocycles. The highest BCUT2D eigenvalue weighted by atomic mass is 35.5. The number of halogens is 4. The van der Waals surface area contributed by atoms with Crippen LogP contribution in [0.25, 0.3) is 0 Å². The molecule has 0 aliphatic carbocycles. The van der Waals surface area contributed by atoms with Crippen LogP contribution in [0, 0.1) is 0 Å². The second kappa shape index (κ2) is 5.99. The molecular formula is C13H17ClF3NO. The predicted octanol–water partition coefficient (Wildman–Crippen LogP) is 4.75. The second-order valence-electron chi connectivity index (χ2n) is 4.61. The summed E-state index contributed by atoms with van der Waals surface area (Å²) in [6, 6.07) is 1.56. The van der Waals surface area contributed by atoms with E-state index in [1.165, 1.54) is 0 Å². The Labute approximate surface area is 115 Å². The number of pyridine rings is 1. The fourth-order valence-corrected chi connectivity index (χ4v) is 1.74. The summed E-state index contributed by atoms with van der Waals surface area (Å²) in [7, 11) is 0. The summed E-state index contributed by atoms with van der Waals surface area (Å²) >= 11 is 6.02. The van der Waals surface area contributed by atoms with E-state index in [0.29, 0.717) is 12.1 Å². The van der Waals surface area contributed by atoms with Crippen LogP contribution in [-0.2, 0) is 6.42 Å². The molecule has 0 aliphatic rings. The van der Waals surface area contributed by atoms with Crippen LogP contribution in [0.2, 0.25) is 5.02 Å². The maximum atomic E-state index is 12.5. The molecule has 0 spiro atoms. The monoisotopic (exact) mass is 295 g/mol. The van der Waals surface area contributed by atoms with E-state index in [1.54, 1.807) is 13.0 Å². The zero-order valence-corrected chi connectivity index (χ0v) is 12.1. The lowest BCUT2D eigenvalue weighted by Crippen LogP contribution is -2.31. The summed E-state index contributed by atoms with van der Waals surface area (Å²) in [5, 5.41) is 0.173. The van der Waals surface area contributed by atoms with Crippen molar-refractivity contribution in [3.63, 3.8) is 0 Å². The van der Waals surface area contributed by atoms with Gasteiger partial charge >= 0.3 is 6.18 Å². The molecular weight excluding hydrogens is 279 g/mol. The maximum absolute atomic E-state index is 12.5. The second-order valence-corrected chi connectivity index (χ2v) is 5.02. The molecule has 1 atom stereocenters. The largest absolute Gasteiger partial charge is 0.478 e. The molecule has 1 unspecified atom stereocenters. The molecule has 1 rings (SSSR count). The molecule has 0 N–H and O–H groups in total. The van der Waals surface area contributed by atoms with Crippen molar-refractivity contribution in [2.45, 2.75) is 52.3 Å². The van der Waals surface area contributed by atoms with E-state index in [2.05, 4.69) is 4.98 Å². The van der Waals surface area contributed by atoms with E-state index in [4.69, 9.17) is 16.3 Å². The Morgan fingerprint density at radius 2 is 1.89 bits per heavy atom. The third kappa shape index (κ3) is 4.00. The van der Waals surface area contributed by atoms with Gasteiger partial charge in [0.2, 0.25) is 0 Å². The lowest BCUT2D eigenvalue weighted by atomic mass is 10.1. The first-order chi connectivity index (χ1) is 8.66. The van der Waals surface area contributed by atoms with Crippen molar-refractivity contribution in [2.24, 2.45) is 0 Å². The molecule has 0 radical (unpaired) electrons. The number of ether oxygens (including phenoxy) is 1. The number of rotatable bonds is 4. The fourth-order valence-electron chi connectivity index (χ4n) is 1.48. The van der Waals surface area contributed by atoms with Crippen LogP contribution in [0.3, 0.4) is 0 Å². The Balaban J connectivity index is 3.14. The molecule has 19 heavy (non-hydrogen) atoms. The standard InChI is InChI=1S/C13H17ClF3NO/c1-5-10-12(19-8(4)13(15,16)17)9(14)6-11(18-10)7(2)3/h6-8H,5H2,1-4H3. The third-order valence-electron chi connectivity index (χ3n) is 2.70. The molecule has 0 bridgehead atoms. The normalized spacial score (nSPS) is 13.7. The van der Waals surface area contributed by atoms with Gasteiger partial charge in [-0.25, -0.2) is 0 Å². The average Bonchev–Trinajstić information content (AvgIpc) is 2.29. The van der Waals surface area contributed by atoms with Crippen molar-refractivity contribution in [1.82, 2.24) is 4.98 Å². The minimum absolute atomic E-state index is 0.0263. The maximum Gasteiger partial charge on any atom is 0.425 e. The first-order valence-electron chi connectivity index (χ1n) is 6.09. The van der Waals surface area contributed by atoms with E-state index < -0.39 is 12.3 Å². The number of alkyl halides is 3. The number of hydrogen-bond donors (Lipinski definition) is 0. The molecule has 108 valence electrons. The predicted molar refractivity (Wildman–Crippen MR) is 68.9 cm³/mol. The molecule has 0 saturated heterocycles. The van der Waals surface area contributed by atoms with Crippen molar-refractivity contribution in [3.05, 3.63) is 22.5 Å². The highest BCUT2D eigenvalue weighted by Gasteiger charge is 2.38. The van der Waals surface area contributed by atoms with Gasteiger partial charge in [-0.3, -0.25) is 4.98 Å². The van der Waals surface area contributed by atoms with Crippen molar-refractivity contribution < 1.29 is 17.9 Å². The molecule has 6 heteroatoms. The summed E-state index contributed by atoms with van der Waals surface area (Å²) in [5.41, 5.74) is 1.20. The topological polar surface area (TPSA) is 22.1 Å². The fraction of sp³-hybridized carbons (Fsp3) is 0.615. The van der Waals surface area contributed by atoms with E-state index in [1.807, 2.05) is 13.8 Å². The summed E-state index contributed by atoms with van der Waals surface area (Å²) in [6.07, 6.45) is -5.88. The number of aryl methyl sites for hydroxylation is 1. The van der Waals surface area contributed by atoms with Gasteiger partial charge in [0.1, 0.15) is 0 Å². The van der Waals surface area contributed by atoms with Gasteiger partial charge in [-0.15, -0.1) is 0 Å². The molecule has 1 aromatic heterocycles. The quantitative estimate of drug-likeness (QED) is 0.799.